The van der Waals surface area contributed by atoms with Crippen LogP contribution < -0.4 is 5.32 Å². The van der Waals surface area contributed by atoms with Gasteiger partial charge in [-0.3, -0.25) is 19.4 Å². The predicted molar refractivity (Wildman–Crippen MR) is 135 cm³/mol. The molecule has 0 heterocycles. The largest absolute Gasteiger partial charge is 0.506 e. The van der Waals surface area contributed by atoms with Gasteiger partial charge in [0.15, 0.2) is 0 Å². The molecular formula is C27H38N2O6. The number of amides is 1. The number of aliphatic hydroxyl groups is 1. The zero-order valence-electron chi connectivity index (χ0n) is 20.7. The Hall–Kier alpha value is -3.16. The van der Waals surface area contributed by atoms with E-state index in [1.807, 2.05) is 25.1 Å². The summed E-state index contributed by atoms with van der Waals surface area (Å²) < 4.78 is 5.07. The van der Waals surface area contributed by atoms with Crippen LogP contribution in [0.25, 0.3) is 5.76 Å². The molecule has 0 radical (unpaired) electrons. The minimum atomic E-state index is -0.869. The summed E-state index contributed by atoms with van der Waals surface area (Å²) in [4.78, 5) is 41.5. The molecule has 1 aromatic rings. The van der Waals surface area contributed by atoms with Crippen LogP contribution in [-0.4, -0.2) is 46.9 Å². The number of rotatable bonds is 14. The summed E-state index contributed by atoms with van der Waals surface area (Å²) in [5, 5.41) is 22.8. The van der Waals surface area contributed by atoms with E-state index in [4.69, 9.17) is 4.74 Å². The molecule has 1 fully saturated rings. The first kappa shape index (κ1) is 28.1. The number of ether oxygens (including phenoxy) is 1. The minimum Gasteiger partial charge on any atom is -0.506 e. The summed E-state index contributed by atoms with van der Waals surface area (Å²) in [6, 6.07) is 8.43. The molecule has 1 aliphatic rings. The van der Waals surface area contributed by atoms with Crippen molar-refractivity contribution < 1.29 is 29.3 Å². The normalized spacial score (nSPS) is 17.1. The van der Waals surface area contributed by atoms with Crippen molar-refractivity contribution in [3.05, 3.63) is 42.1 Å². The molecule has 1 aliphatic carbocycles. The SMILES string of the molecule is CCC[C@H](CC1(C(=O)NC(CC=N/C=C(\O)c2ccccc2)CC(=O)OCC)CCCC1)C(=O)O. The number of carbonyl (C=O) groups is 3. The van der Waals surface area contributed by atoms with Gasteiger partial charge in [-0.25, -0.2) is 0 Å². The van der Waals surface area contributed by atoms with E-state index in [0.717, 1.165) is 19.3 Å². The highest BCUT2D eigenvalue weighted by Crippen LogP contribution is 2.44. The van der Waals surface area contributed by atoms with Crippen LogP contribution in [0.4, 0.5) is 0 Å². The number of benzene rings is 1. The Morgan fingerprint density at radius 1 is 1.14 bits per heavy atom. The molecule has 8 heteroatoms. The fourth-order valence-electron chi connectivity index (χ4n) is 4.66. The Morgan fingerprint density at radius 3 is 2.43 bits per heavy atom. The van der Waals surface area contributed by atoms with Crippen LogP contribution in [0, 0.1) is 11.3 Å². The number of hydrogen-bond donors (Lipinski definition) is 3. The van der Waals surface area contributed by atoms with Crippen LogP contribution in [0.5, 0.6) is 0 Å². The number of carboxylic acid groups (broad SMARTS) is 1. The average Bonchev–Trinajstić information content (AvgIpc) is 3.32. The maximum Gasteiger partial charge on any atom is 0.307 e. The van der Waals surface area contributed by atoms with Gasteiger partial charge >= 0.3 is 11.9 Å². The Labute approximate surface area is 207 Å². The number of carbonyl (C=O) groups excluding carboxylic acids is 2. The van der Waals surface area contributed by atoms with Gasteiger partial charge in [0.2, 0.25) is 5.91 Å². The van der Waals surface area contributed by atoms with Gasteiger partial charge in [0.05, 0.1) is 30.6 Å². The molecule has 2 rings (SSSR count). The predicted octanol–water partition coefficient (Wildman–Crippen LogP) is 4.89. The minimum absolute atomic E-state index is 0.00775. The average molecular weight is 487 g/mol. The van der Waals surface area contributed by atoms with Crippen LogP contribution in [0.1, 0.15) is 77.2 Å². The second-order valence-electron chi connectivity index (χ2n) is 9.14. The maximum atomic E-state index is 13.5. The molecule has 35 heavy (non-hydrogen) atoms. The molecule has 0 spiro atoms. The molecule has 8 nitrogen and oxygen atoms in total. The number of nitrogens with zero attached hydrogens (tertiary/aromatic N) is 1. The van der Waals surface area contributed by atoms with Gasteiger partial charge in [0.25, 0.3) is 0 Å². The number of aliphatic hydroxyl groups excluding tert-OH is 1. The molecular weight excluding hydrogens is 448 g/mol. The number of hydrogen-bond acceptors (Lipinski definition) is 6. The standard InChI is InChI=1S/C27H38N2O6/c1-3-10-21(25(32)33)18-27(14-8-9-15-27)26(34)29-22(17-24(31)35-4-2)13-16-28-19-23(30)20-11-6-5-7-12-20/h5-7,11-12,16,19,21-22,30H,3-4,8-10,13-15,17-18H2,1-2H3,(H,29,34)(H,32,33)/b23-19-,28-16?/t21-,22?/m1/s1. The molecule has 3 N–H and O–H groups in total. The zero-order valence-corrected chi connectivity index (χ0v) is 20.7. The molecule has 1 aromatic carbocycles. The zero-order chi connectivity index (χ0) is 25.7. The van der Waals surface area contributed by atoms with Crippen molar-refractivity contribution in [1.82, 2.24) is 5.32 Å². The summed E-state index contributed by atoms with van der Waals surface area (Å²) in [5.41, 5.74) is -0.113. The van der Waals surface area contributed by atoms with Crippen LogP contribution in [0.3, 0.4) is 0 Å². The molecule has 192 valence electrons. The van der Waals surface area contributed by atoms with Crippen LogP contribution in [0.15, 0.2) is 41.5 Å². The van der Waals surface area contributed by atoms with E-state index in [2.05, 4.69) is 10.3 Å². The van der Waals surface area contributed by atoms with E-state index < -0.39 is 29.3 Å². The molecule has 2 atom stereocenters. The smallest absolute Gasteiger partial charge is 0.307 e. The molecule has 0 aromatic heterocycles. The van der Waals surface area contributed by atoms with Crippen molar-refractivity contribution in [1.29, 1.82) is 0 Å². The number of aliphatic carboxylic acids is 1. The van der Waals surface area contributed by atoms with Crippen molar-refractivity contribution in [2.45, 2.75) is 77.7 Å². The lowest BCUT2D eigenvalue weighted by Crippen LogP contribution is -2.46. The Bertz CT molecular complexity index is 890. The van der Waals surface area contributed by atoms with Gasteiger partial charge in [-0.15, -0.1) is 0 Å². The van der Waals surface area contributed by atoms with Gasteiger partial charge in [-0.1, -0.05) is 56.5 Å². The Kier molecular flexibility index (Phi) is 11.5. The van der Waals surface area contributed by atoms with Crippen molar-refractivity contribution in [3.8, 4) is 0 Å². The van der Waals surface area contributed by atoms with E-state index in [0.29, 0.717) is 31.2 Å². The Morgan fingerprint density at radius 2 is 1.83 bits per heavy atom. The first-order chi connectivity index (χ1) is 16.8. The van der Waals surface area contributed by atoms with Crippen molar-refractivity contribution in [2.24, 2.45) is 16.3 Å². The third-order valence-corrected chi connectivity index (χ3v) is 6.48. The maximum absolute atomic E-state index is 13.5. The van der Waals surface area contributed by atoms with E-state index in [9.17, 15) is 24.6 Å². The Balaban J connectivity index is 2.13. The van der Waals surface area contributed by atoms with Crippen molar-refractivity contribution in [3.63, 3.8) is 0 Å². The molecule has 0 aliphatic heterocycles. The first-order valence-electron chi connectivity index (χ1n) is 12.5. The highest BCUT2D eigenvalue weighted by Gasteiger charge is 2.44. The van der Waals surface area contributed by atoms with Gasteiger partial charge in [-0.2, -0.15) is 0 Å². The summed E-state index contributed by atoms with van der Waals surface area (Å²) in [6.45, 7) is 3.90. The molecule has 1 unspecified atom stereocenters. The summed E-state index contributed by atoms with van der Waals surface area (Å²) in [7, 11) is 0. The molecule has 0 saturated heterocycles. The summed E-state index contributed by atoms with van der Waals surface area (Å²) >= 11 is 0. The third kappa shape index (κ3) is 8.85. The van der Waals surface area contributed by atoms with Crippen molar-refractivity contribution in [2.75, 3.05) is 6.61 Å². The lowest BCUT2D eigenvalue weighted by Gasteiger charge is -2.32. The van der Waals surface area contributed by atoms with Gasteiger partial charge in [0.1, 0.15) is 5.76 Å². The number of aliphatic imine (C=N–C) groups is 1. The van der Waals surface area contributed by atoms with Crippen LogP contribution in [-0.2, 0) is 19.1 Å². The van der Waals surface area contributed by atoms with Crippen molar-refractivity contribution >= 4 is 29.8 Å². The lowest BCUT2D eigenvalue weighted by molar-refractivity contribution is -0.144. The van der Waals surface area contributed by atoms with Gasteiger partial charge < -0.3 is 20.3 Å². The monoisotopic (exact) mass is 486 g/mol. The summed E-state index contributed by atoms with van der Waals surface area (Å²) in [6.07, 6.45) is 7.70. The quantitative estimate of drug-likeness (QED) is 0.195. The van der Waals surface area contributed by atoms with Crippen LogP contribution in [0.2, 0.25) is 0 Å². The second-order valence-corrected chi connectivity index (χ2v) is 9.14. The number of carboxylic acids is 1. The third-order valence-electron chi connectivity index (χ3n) is 6.48. The molecule has 1 amide bonds. The second kappa shape index (κ2) is 14.3. The summed E-state index contributed by atoms with van der Waals surface area (Å²) in [5.74, 6) is -2.06. The van der Waals surface area contributed by atoms with Gasteiger partial charge in [0, 0.05) is 24.2 Å². The number of nitrogens with one attached hydrogen (secondary N) is 1. The van der Waals surface area contributed by atoms with E-state index in [1.165, 1.54) is 6.20 Å². The van der Waals surface area contributed by atoms with Gasteiger partial charge in [-0.05, 0) is 32.6 Å². The fraction of sp³-hybridized carbons (Fsp3) is 0.556. The van der Waals surface area contributed by atoms with Crippen LogP contribution >= 0.6 is 0 Å². The van der Waals surface area contributed by atoms with E-state index >= 15 is 0 Å². The highest BCUT2D eigenvalue weighted by molar-refractivity contribution is 5.85. The molecule has 0 bridgehead atoms. The van der Waals surface area contributed by atoms with E-state index in [1.54, 1.807) is 25.3 Å². The number of esters is 1. The topological polar surface area (TPSA) is 125 Å². The first-order valence-corrected chi connectivity index (χ1v) is 12.5. The van der Waals surface area contributed by atoms with E-state index in [-0.39, 0.29) is 31.1 Å². The fourth-order valence-corrected chi connectivity index (χ4v) is 4.66. The highest BCUT2D eigenvalue weighted by atomic mass is 16.5. The molecule has 1 saturated carbocycles. The lowest BCUT2D eigenvalue weighted by atomic mass is 9.75.